The summed E-state index contributed by atoms with van der Waals surface area (Å²) in [6.45, 7) is 1.68. The van der Waals surface area contributed by atoms with Crippen molar-refractivity contribution >= 4 is 23.4 Å². The lowest BCUT2D eigenvalue weighted by atomic mass is 10.3. The Morgan fingerprint density at radius 3 is 2.48 bits per heavy atom. The standard InChI is InChI=1S/C19H17N3O4S/c1-12(27-19-21-16(23)11-17(24)22-19)18(25)20-13-7-9-15(10-8-13)26-14-5-3-2-4-6-14/h2-12H,1H3,(H,20,25)(H2,21,22,23,24). The zero-order chi connectivity index (χ0) is 19.2. The molecule has 3 rings (SSSR count). The number of nitrogens with one attached hydrogen (secondary N) is 2. The highest BCUT2D eigenvalue weighted by Gasteiger charge is 2.16. The van der Waals surface area contributed by atoms with E-state index in [-0.39, 0.29) is 16.9 Å². The van der Waals surface area contributed by atoms with Crippen molar-refractivity contribution in [3.8, 4) is 17.4 Å². The lowest BCUT2D eigenvalue weighted by Gasteiger charge is -2.12. The van der Waals surface area contributed by atoms with Crippen LogP contribution in [0.25, 0.3) is 0 Å². The molecule has 0 aliphatic heterocycles. The van der Waals surface area contributed by atoms with Gasteiger partial charge in [0.05, 0.1) is 11.3 Å². The molecule has 1 heterocycles. The summed E-state index contributed by atoms with van der Waals surface area (Å²) in [7, 11) is 0. The first-order chi connectivity index (χ1) is 13.0. The van der Waals surface area contributed by atoms with Crippen LogP contribution in [0.4, 0.5) is 5.69 Å². The number of hydrogen-bond donors (Lipinski definition) is 3. The van der Waals surface area contributed by atoms with Gasteiger partial charge in [-0.3, -0.25) is 9.59 Å². The smallest absolute Gasteiger partial charge is 0.255 e. The van der Waals surface area contributed by atoms with E-state index in [2.05, 4.69) is 15.3 Å². The minimum absolute atomic E-state index is 0.175. The Kier molecular flexibility index (Phi) is 5.77. The Morgan fingerprint density at radius 2 is 1.81 bits per heavy atom. The second-order valence-corrected chi connectivity index (χ2v) is 6.93. The highest BCUT2D eigenvalue weighted by molar-refractivity contribution is 8.00. The third kappa shape index (κ3) is 5.35. The number of rotatable bonds is 6. The summed E-state index contributed by atoms with van der Waals surface area (Å²) in [6, 6.07) is 17.4. The van der Waals surface area contributed by atoms with Gasteiger partial charge in [-0.2, -0.15) is 4.98 Å². The number of para-hydroxylation sites is 1. The normalized spacial score (nSPS) is 11.6. The van der Waals surface area contributed by atoms with Gasteiger partial charge in [0.25, 0.3) is 5.56 Å². The van der Waals surface area contributed by atoms with E-state index in [1.807, 2.05) is 30.3 Å². The number of benzene rings is 2. The lowest BCUT2D eigenvalue weighted by molar-refractivity contribution is -0.115. The van der Waals surface area contributed by atoms with E-state index in [9.17, 15) is 14.7 Å². The molecule has 7 nitrogen and oxygen atoms in total. The van der Waals surface area contributed by atoms with E-state index >= 15 is 0 Å². The summed E-state index contributed by atoms with van der Waals surface area (Å²) >= 11 is 1.04. The minimum Gasteiger partial charge on any atom is -0.493 e. The molecule has 1 amide bonds. The Bertz CT molecular complexity index is 974. The molecule has 8 heteroatoms. The summed E-state index contributed by atoms with van der Waals surface area (Å²) in [5.74, 6) is 0.737. The van der Waals surface area contributed by atoms with E-state index in [0.717, 1.165) is 23.6 Å². The van der Waals surface area contributed by atoms with Crippen LogP contribution in [-0.2, 0) is 4.79 Å². The number of amides is 1. The van der Waals surface area contributed by atoms with E-state index < -0.39 is 10.8 Å². The van der Waals surface area contributed by atoms with Crippen molar-refractivity contribution < 1.29 is 14.6 Å². The third-order valence-electron chi connectivity index (χ3n) is 3.46. The van der Waals surface area contributed by atoms with Gasteiger partial charge in [-0.1, -0.05) is 30.0 Å². The molecule has 1 unspecified atom stereocenters. The van der Waals surface area contributed by atoms with Gasteiger partial charge in [0.2, 0.25) is 11.8 Å². The van der Waals surface area contributed by atoms with Crippen molar-refractivity contribution in [2.75, 3.05) is 5.32 Å². The van der Waals surface area contributed by atoms with Crippen LogP contribution in [0.1, 0.15) is 6.92 Å². The molecule has 0 radical (unpaired) electrons. The van der Waals surface area contributed by atoms with Crippen LogP contribution in [0.3, 0.4) is 0 Å². The lowest BCUT2D eigenvalue weighted by Crippen LogP contribution is -2.23. The van der Waals surface area contributed by atoms with Crippen molar-refractivity contribution in [3.05, 3.63) is 71.0 Å². The number of thioether (sulfide) groups is 1. The summed E-state index contributed by atoms with van der Waals surface area (Å²) in [4.78, 5) is 29.9. The van der Waals surface area contributed by atoms with Crippen LogP contribution < -0.4 is 15.6 Å². The fourth-order valence-corrected chi connectivity index (χ4v) is 2.98. The molecule has 3 N–H and O–H groups in total. The number of hydrogen-bond acceptors (Lipinski definition) is 6. The Morgan fingerprint density at radius 1 is 1.15 bits per heavy atom. The molecule has 0 aliphatic carbocycles. The second kappa shape index (κ2) is 8.41. The van der Waals surface area contributed by atoms with Gasteiger partial charge < -0.3 is 20.1 Å². The average molecular weight is 383 g/mol. The molecule has 0 saturated carbocycles. The number of carbonyl (C=O) groups is 1. The number of H-pyrrole nitrogens is 1. The maximum atomic E-state index is 12.3. The maximum Gasteiger partial charge on any atom is 0.255 e. The van der Waals surface area contributed by atoms with Gasteiger partial charge >= 0.3 is 0 Å². The van der Waals surface area contributed by atoms with E-state index in [0.29, 0.717) is 11.4 Å². The van der Waals surface area contributed by atoms with Crippen molar-refractivity contribution in [1.29, 1.82) is 0 Å². The highest BCUT2D eigenvalue weighted by atomic mass is 32.2. The monoisotopic (exact) mass is 383 g/mol. The minimum atomic E-state index is -0.532. The number of nitrogens with zero attached hydrogens (tertiary/aromatic N) is 1. The average Bonchev–Trinajstić information content (AvgIpc) is 2.63. The van der Waals surface area contributed by atoms with Crippen LogP contribution in [0, 0.1) is 0 Å². The van der Waals surface area contributed by atoms with Gasteiger partial charge in [-0.15, -0.1) is 0 Å². The van der Waals surface area contributed by atoms with Crippen LogP contribution >= 0.6 is 11.8 Å². The number of ether oxygens (including phenoxy) is 1. The summed E-state index contributed by atoms with van der Waals surface area (Å²) < 4.78 is 5.70. The van der Waals surface area contributed by atoms with E-state index in [1.54, 1.807) is 31.2 Å². The van der Waals surface area contributed by atoms with Crippen molar-refractivity contribution in [2.24, 2.45) is 0 Å². The molecule has 0 spiro atoms. The molecular formula is C19H17N3O4S. The summed E-state index contributed by atoms with van der Waals surface area (Å²) in [5.41, 5.74) is 0.136. The van der Waals surface area contributed by atoms with E-state index in [1.165, 1.54) is 0 Å². The Balaban J connectivity index is 1.59. The number of aromatic nitrogens is 2. The first kappa shape index (κ1) is 18.5. The zero-order valence-electron chi connectivity index (χ0n) is 14.4. The molecule has 1 atom stereocenters. The van der Waals surface area contributed by atoms with Gasteiger partial charge in [0.15, 0.2) is 5.16 Å². The van der Waals surface area contributed by atoms with Crippen LogP contribution in [0.5, 0.6) is 17.4 Å². The molecule has 1 aromatic heterocycles. The van der Waals surface area contributed by atoms with Gasteiger partial charge in [-0.05, 0) is 43.3 Å². The molecule has 0 saturated heterocycles. The molecule has 2 aromatic carbocycles. The number of aromatic amines is 1. The molecule has 27 heavy (non-hydrogen) atoms. The van der Waals surface area contributed by atoms with Gasteiger partial charge in [0.1, 0.15) is 11.5 Å². The molecule has 0 bridgehead atoms. The SMILES string of the molecule is CC(Sc1nc(O)cc(=O)[nH]1)C(=O)Nc1ccc(Oc2ccccc2)cc1. The molecule has 138 valence electrons. The van der Waals surface area contributed by atoms with Gasteiger partial charge in [0, 0.05) is 5.69 Å². The predicted octanol–water partition coefficient (Wildman–Crippen LogP) is 3.39. The molecule has 0 aliphatic rings. The molecule has 3 aromatic rings. The first-order valence-corrected chi connectivity index (χ1v) is 8.98. The number of anilines is 1. The van der Waals surface area contributed by atoms with E-state index in [4.69, 9.17) is 4.74 Å². The van der Waals surface area contributed by atoms with Crippen LogP contribution in [-0.4, -0.2) is 26.2 Å². The highest BCUT2D eigenvalue weighted by Crippen LogP contribution is 2.24. The number of aromatic hydroxyl groups is 1. The van der Waals surface area contributed by atoms with Crippen LogP contribution in [0.2, 0.25) is 0 Å². The largest absolute Gasteiger partial charge is 0.493 e. The third-order valence-corrected chi connectivity index (χ3v) is 4.45. The van der Waals surface area contributed by atoms with Crippen molar-refractivity contribution in [2.45, 2.75) is 17.3 Å². The second-order valence-electron chi connectivity index (χ2n) is 5.60. The van der Waals surface area contributed by atoms with Crippen molar-refractivity contribution in [3.63, 3.8) is 0 Å². The fourth-order valence-electron chi connectivity index (χ4n) is 2.17. The maximum absolute atomic E-state index is 12.3. The van der Waals surface area contributed by atoms with Gasteiger partial charge in [-0.25, -0.2) is 0 Å². The number of carbonyl (C=O) groups excluding carboxylic acids is 1. The molecular weight excluding hydrogens is 366 g/mol. The zero-order valence-corrected chi connectivity index (χ0v) is 15.2. The summed E-state index contributed by atoms with van der Waals surface area (Å²) in [5, 5.41) is 11.8. The summed E-state index contributed by atoms with van der Waals surface area (Å²) in [6.07, 6.45) is 0. The predicted molar refractivity (Wildman–Crippen MR) is 103 cm³/mol. The Hall–Kier alpha value is -3.26. The quantitative estimate of drug-likeness (QED) is 0.445. The fraction of sp³-hybridized carbons (Fsp3) is 0.105. The molecule has 0 fully saturated rings. The van der Waals surface area contributed by atoms with Crippen molar-refractivity contribution in [1.82, 2.24) is 9.97 Å². The first-order valence-electron chi connectivity index (χ1n) is 8.10. The Labute approximate surface area is 159 Å². The van der Waals surface area contributed by atoms with Crippen LogP contribution in [0.15, 0.2) is 70.6 Å². The topological polar surface area (TPSA) is 104 Å².